The predicted molar refractivity (Wildman–Crippen MR) is 174 cm³/mol. The van der Waals surface area contributed by atoms with Crippen LogP contribution in [0.15, 0.2) is 77.1 Å². The third-order valence-electron chi connectivity index (χ3n) is 6.77. The molecule has 0 radical (unpaired) electrons. The van der Waals surface area contributed by atoms with Gasteiger partial charge in [0.2, 0.25) is 11.1 Å². The molecule has 0 bridgehead atoms. The molecule has 11 heteroatoms. The van der Waals surface area contributed by atoms with Gasteiger partial charge in [-0.05, 0) is 74.7 Å². The lowest BCUT2D eigenvalue weighted by Crippen LogP contribution is -2.31. The molecule has 224 valence electrons. The first-order chi connectivity index (χ1) is 20.8. The van der Waals surface area contributed by atoms with Gasteiger partial charge in [0.15, 0.2) is 11.5 Å². The number of aryl methyl sites for hydroxylation is 1. The molecule has 1 aliphatic rings. The highest BCUT2D eigenvalue weighted by Crippen LogP contribution is 2.40. The number of nitrogens with zero attached hydrogens (tertiary/aromatic N) is 3. The number of anilines is 2. The van der Waals surface area contributed by atoms with Crippen LogP contribution in [0.1, 0.15) is 49.9 Å². The summed E-state index contributed by atoms with van der Waals surface area (Å²) < 4.78 is 13.9. The molecule has 1 atom stereocenters. The van der Waals surface area contributed by atoms with Crippen molar-refractivity contribution < 1.29 is 14.3 Å². The number of aromatic nitrogens is 3. The van der Waals surface area contributed by atoms with Crippen molar-refractivity contribution in [2.75, 3.05) is 23.0 Å². The maximum atomic E-state index is 13.9. The van der Waals surface area contributed by atoms with Crippen LogP contribution in [0, 0.1) is 6.92 Å². The highest BCUT2D eigenvalue weighted by molar-refractivity contribution is 7.99. The van der Waals surface area contributed by atoms with Crippen molar-refractivity contribution in [3.63, 3.8) is 0 Å². The van der Waals surface area contributed by atoms with E-state index in [4.69, 9.17) is 42.8 Å². The Morgan fingerprint density at radius 2 is 1.88 bits per heavy atom. The smallest absolute Gasteiger partial charge is 0.255 e. The van der Waals surface area contributed by atoms with Gasteiger partial charge >= 0.3 is 0 Å². The Bertz CT molecular complexity index is 1670. The van der Waals surface area contributed by atoms with Crippen molar-refractivity contribution in [3.8, 4) is 11.5 Å². The molecule has 2 heterocycles. The molecule has 2 N–H and O–H groups in total. The molecule has 0 aliphatic carbocycles. The Hall–Kier alpha value is -3.66. The molecule has 1 unspecified atom stereocenters. The summed E-state index contributed by atoms with van der Waals surface area (Å²) in [6.45, 7) is 8.55. The lowest BCUT2D eigenvalue weighted by Gasteiger charge is -2.29. The number of carbonyl (C=O) groups excluding carboxylic acids is 1. The number of carbonyl (C=O) groups is 1. The SMILES string of the molecule is CCCSc1nc2n(n1)C(c1ccc(OCc3ccc(Cl)cc3Cl)c(OCC)c1)C(C(=O)Nc1cccc(C)c1)=C(C)N2. The molecule has 0 fully saturated rings. The second kappa shape index (κ2) is 13.8. The van der Waals surface area contributed by atoms with E-state index in [0.717, 1.165) is 28.9 Å². The number of allylic oxidation sites excluding steroid dienone is 1. The van der Waals surface area contributed by atoms with E-state index < -0.39 is 6.04 Å². The van der Waals surface area contributed by atoms with E-state index >= 15 is 0 Å². The van der Waals surface area contributed by atoms with Gasteiger partial charge in [-0.2, -0.15) is 4.98 Å². The molecule has 0 spiro atoms. The number of fused-ring (bicyclic) bond motifs is 1. The summed E-state index contributed by atoms with van der Waals surface area (Å²) in [5, 5.41) is 12.9. The van der Waals surface area contributed by atoms with Crippen LogP contribution in [0.4, 0.5) is 11.6 Å². The van der Waals surface area contributed by atoms with Gasteiger partial charge in [-0.3, -0.25) is 4.79 Å². The molecule has 1 amide bonds. The fourth-order valence-corrected chi connectivity index (χ4v) is 5.93. The number of hydrogen-bond acceptors (Lipinski definition) is 7. The number of amides is 1. The van der Waals surface area contributed by atoms with Crippen LogP contribution in [0.5, 0.6) is 11.5 Å². The highest BCUT2D eigenvalue weighted by Gasteiger charge is 2.35. The quantitative estimate of drug-likeness (QED) is 0.160. The Labute approximate surface area is 265 Å². The summed E-state index contributed by atoms with van der Waals surface area (Å²) in [6, 6.07) is 18.1. The highest BCUT2D eigenvalue weighted by atomic mass is 35.5. The third kappa shape index (κ3) is 7.12. The second-order valence-electron chi connectivity index (χ2n) is 10.1. The van der Waals surface area contributed by atoms with Crippen molar-refractivity contribution in [2.24, 2.45) is 0 Å². The van der Waals surface area contributed by atoms with Crippen molar-refractivity contribution in [1.29, 1.82) is 0 Å². The van der Waals surface area contributed by atoms with Gasteiger partial charge in [-0.1, -0.05) is 66.2 Å². The number of ether oxygens (including phenoxy) is 2. The summed E-state index contributed by atoms with van der Waals surface area (Å²) >= 11 is 14.0. The van der Waals surface area contributed by atoms with Crippen LogP contribution in [-0.4, -0.2) is 33.0 Å². The zero-order valence-electron chi connectivity index (χ0n) is 24.4. The minimum Gasteiger partial charge on any atom is -0.490 e. The molecule has 1 aliphatic heterocycles. The summed E-state index contributed by atoms with van der Waals surface area (Å²) in [6.07, 6.45) is 0.993. The van der Waals surface area contributed by atoms with E-state index in [1.54, 1.807) is 28.6 Å². The standard InChI is InChI=1S/C32H33Cl2N5O3S/c1-5-14-43-32-37-31-35-20(4)28(30(40)36-24-9-7-8-19(3)15-24)29(39(31)38-32)21-11-13-26(27(16-21)41-6-2)42-18-22-10-12-23(33)17-25(22)34/h7-13,15-17,29H,5-6,14,18H2,1-4H3,(H,36,40)(H,35,37,38). The van der Waals surface area contributed by atoms with Gasteiger partial charge in [0.25, 0.3) is 5.91 Å². The van der Waals surface area contributed by atoms with Gasteiger partial charge in [0.05, 0.1) is 12.2 Å². The van der Waals surface area contributed by atoms with Gasteiger partial charge in [-0.15, -0.1) is 5.10 Å². The average molecular weight is 639 g/mol. The van der Waals surface area contributed by atoms with Crippen LogP contribution >= 0.6 is 35.0 Å². The second-order valence-corrected chi connectivity index (χ2v) is 12.0. The van der Waals surface area contributed by atoms with Crippen LogP contribution in [-0.2, 0) is 11.4 Å². The van der Waals surface area contributed by atoms with Crippen LogP contribution in [0.25, 0.3) is 0 Å². The van der Waals surface area contributed by atoms with Gasteiger partial charge < -0.3 is 20.1 Å². The van der Waals surface area contributed by atoms with Crippen molar-refractivity contribution in [3.05, 3.63) is 98.7 Å². The average Bonchev–Trinajstić information content (AvgIpc) is 3.37. The van der Waals surface area contributed by atoms with E-state index in [-0.39, 0.29) is 12.5 Å². The predicted octanol–water partition coefficient (Wildman–Crippen LogP) is 8.30. The number of nitrogens with one attached hydrogen (secondary N) is 2. The largest absolute Gasteiger partial charge is 0.490 e. The number of halogens is 2. The summed E-state index contributed by atoms with van der Waals surface area (Å²) in [7, 11) is 0. The summed E-state index contributed by atoms with van der Waals surface area (Å²) in [5.74, 6) is 2.32. The summed E-state index contributed by atoms with van der Waals surface area (Å²) in [5.41, 5.74) is 4.58. The van der Waals surface area contributed by atoms with Crippen molar-refractivity contribution >= 4 is 52.5 Å². The fraction of sp³-hybridized carbons (Fsp3) is 0.281. The van der Waals surface area contributed by atoms with Gasteiger partial charge in [-0.25, -0.2) is 4.68 Å². The van der Waals surface area contributed by atoms with E-state index in [1.165, 1.54) is 0 Å². The first-order valence-corrected chi connectivity index (χ1v) is 15.8. The molecule has 8 nitrogen and oxygen atoms in total. The Kier molecular flexibility index (Phi) is 9.85. The molecular weight excluding hydrogens is 605 g/mol. The van der Waals surface area contributed by atoms with E-state index in [2.05, 4.69) is 17.6 Å². The minimum absolute atomic E-state index is 0.233. The Morgan fingerprint density at radius 1 is 1.05 bits per heavy atom. The first-order valence-electron chi connectivity index (χ1n) is 14.1. The Balaban J connectivity index is 1.53. The zero-order chi connectivity index (χ0) is 30.5. The van der Waals surface area contributed by atoms with Crippen molar-refractivity contribution in [2.45, 2.75) is 51.9 Å². The Morgan fingerprint density at radius 3 is 2.63 bits per heavy atom. The number of thioether (sulfide) groups is 1. The van der Waals surface area contributed by atoms with Crippen LogP contribution in [0.2, 0.25) is 10.0 Å². The van der Waals surface area contributed by atoms with Gasteiger partial charge in [0.1, 0.15) is 12.6 Å². The molecule has 0 saturated heterocycles. The third-order valence-corrected chi connectivity index (χ3v) is 8.40. The normalized spacial score (nSPS) is 14.2. The maximum absolute atomic E-state index is 13.9. The van der Waals surface area contributed by atoms with E-state index in [9.17, 15) is 4.79 Å². The number of hydrogen-bond donors (Lipinski definition) is 2. The molecule has 43 heavy (non-hydrogen) atoms. The topological polar surface area (TPSA) is 90.3 Å². The van der Waals surface area contributed by atoms with E-state index in [1.807, 2.05) is 69.3 Å². The minimum atomic E-state index is -0.566. The molecule has 4 aromatic rings. The number of rotatable bonds is 11. The first kappa shape index (κ1) is 30.8. The lowest BCUT2D eigenvalue weighted by molar-refractivity contribution is -0.113. The molecular formula is C32H33Cl2N5O3S. The fourth-order valence-electron chi connectivity index (χ4n) is 4.79. The van der Waals surface area contributed by atoms with Crippen LogP contribution in [0.3, 0.4) is 0 Å². The molecule has 3 aromatic carbocycles. The number of benzene rings is 3. The maximum Gasteiger partial charge on any atom is 0.255 e. The van der Waals surface area contributed by atoms with Gasteiger partial charge in [0, 0.05) is 32.7 Å². The summed E-state index contributed by atoms with van der Waals surface area (Å²) in [4.78, 5) is 18.6. The monoisotopic (exact) mass is 637 g/mol. The zero-order valence-corrected chi connectivity index (χ0v) is 26.7. The van der Waals surface area contributed by atoms with Crippen LogP contribution < -0.4 is 20.1 Å². The van der Waals surface area contributed by atoms with E-state index in [0.29, 0.717) is 56.2 Å². The molecule has 5 rings (SSSR count). The molecule has 0 saturated carbocycles. The lowest BCUT2D eigenvalue weighted by atomic mass is 9.94. The molecule has 1 aromatic heterocycles. The van der Waals surface area contributed by atoms with Crippen molar-refractivity contribution in [1.82, 2.24) is 14.8 Å².